The fourth-order valence-corrected chi connectivity index (χ4v) is 2.53. The van der Waals surface area contributed by atoms with E-state index in [1.807, 2.05) is 4.90 Å². The fraction of sp³-hybridized carbons (Fsp3) is 0.769. The lowest BCUT2D eigenvalue weighted by molar-refractivity contribution is -0.142. The SMILES string of the molecule is CC1=CCN(C(=O)C2(C)CCNCC2)CC1. The van der Waals surface area contributed by atoms with Gasteiger partial charge in [0.1, 0.15) is 0 Å². The average molecular weight is 222 g/mol. The van der Waals surface area contributed by atoms with E-state index in [1.165, 1.54) is 5.57 Å². The van der Waals surface area contributed by atoms with Crippen LogP contribution in [0.4, 0.5) is 0 Å². The summed E-state index contributed by atoms with van der Waals surface area (Å²) in [6, 6.07) is 0. The molecule has 0 aromatic rings. The Morgan fingerprint density at radius 1 is 1.44 bits per heavy atom. The topological polar surface area (TPSA) is 32.3 Å². The second-order valence-electron chi connectivity index (χ2n) is 5.36. The van der Waals surface area contributed by atoms with Gasteiger partial charge in [0, 0.05) is 18.5 Å². The average Bonchev–Trinajstić information content (AvgIpc) is 2.30. The van der Waals surface area contributed by atoms with Crippen LogP contribution >= 0.6 is 0 Å². The van der Waals surface area contributed by atoms with Crippen LogP contribution < -0.4 is 5.32 Å². The molecule has 0 atom stereocenters. The molecule has 0 aromatic carbocycles. The molecule has 0 unspecified atom stereocenters. The minimum Gasteiger partial charge on any atom is -0.338 e. The van der Waals surface area contributed by atoms with Crippen molar-refractivity contribution in [3.63, 3.8) is 0 Å². The van der Waals surface area contributed by atoms with Crippen LogP contribution in [0.3, 0.4) is 0 Å². The first kappa shape index (κ1) is 11.6. The lowest BCUT2D eigenvalue weighted by Crippen LogP contribution is -2.48. The molecule has 2 rings (SSSR count). The van der Waals surface area contributed by atoms with E-state index in [2.05, 4.69) is 25.2 Å². The van der Waals surface area contributed by atoms with Gasteiger partial charge >= 0.3 is 0 Å². The Hall–Kier alpha value is -0.830. The molecule has 2 aliphatic rings. The highest BCUT2D eigenvalue weighted by molar-refractivity contribution is 5.82. The molecule has 0 spiro atoms. The summed E-state index contributed by atoms with van der Waals surface area (Å²) in [6.45, 7) is 7.95. The number of rotatable bonds is 1. The van der Waals surface area contributed by atoms with Crippen LogP contribution in [0.5, 0.6) is 0 Å². The van der Waals surface area contributed by atoms with Gasteiger partial charge < -0.3 is 10.2 Å². The van der Waals surface area contributed by atoms with Crippen molar-refractivity contribution in [3.8, 4) is 0 Å². The lowest BCUT2D eigenvalue weighted by atomic mass is 9.79. The lowest BCUT2D eigenvalue weighted by Gasteiger charge is -2.38. The van der Waals surface area contributed by atoms with Gasteiger partial charge in [0.2, 0.25) is 5.91 Å². The molecule has 3 heteroatoms. The number of amides is 1. The number of nitrogens with one attached hydrogen (secondary N) is 1. The summed E-state index contributed by atoms with van der Waals surface area (Å²) < 4.78 is 0. The Kier molecular flexibility index (Phi) is 3.33. The van der Waals surface area contributed by atoms with E-state index in [1.54, 1.807) is 0 Å². The van der Waals surface area contributed by atoms with Gasteiger partial charge in [0.15, 0.2) is 0 Å². The molecule has 2 aliphatic heterocycles. The van der Waals surface area contributed by atoms with Gasteiger partial charge in [0.05, 0.1) is 0 Å². The van der Waals surface area contributed by atoms with Gasteiger partial charge in [-0.2, -0.15) is 0 Å². The van der Waals surface area contributed by atoms with Gasteiger partial charge in [0.25, 0.3) is 0 Å². The van der Waals surface area contributed by atoms with Crippen molar-refractivity contribution in [1.29, 1.82) is 0 Å². The Labute approximate surface area is 97.9 Å². The molecular weight excluding hydrogens is 200 g/mol. The summed E-state index contributed by atoms with van der Waals surface area (Å²) in [7, 11) is 0. The highest BCUT2D eigenvalue weighted by Crippen LogP contribution is 2.31. The van der Waals surface area contributed by atoms with Crippen molar-refractivity contribution >= 4 is 5.91 Å². The van der Waals surface area contributed by atoms with Crippen molar-refractivity contribution in [3.05, 3.63) is 11.6 Å². The molecule has 0 radical (unpaired) electrons. The first-order valence-electron chi connectivity index (χ1n) is 6.27. The molecule has 90 valence electrons. The van der Waals surface area contributed by atoms with Gasteiger partial charge in [-0.1, -0.05) is 18.6 Å². The van der Waals surface area contributed by atoms with Crippen LogP contribution in [-0.4, -0.2) is 37.0 Å². The summed E-state index contributed by atoms with van der Waals surface area (Å²) in [5.74, 6) is 0.359. The second kappa shape index (κ2) is 4.58. The van der Waals surface area contributed by atoms with E-state index in [0.717, 1.165) is 45.4 Å². The normalized spacial score (nSPS) is 25.1. The number of carbonyl (C=O) groups is 1. The van der Waals surface area contributed by atoms with E-state index in [4.69, 9.17) is 0 Å². The fourth-order valence-electron chi connectivity index (χ4n) is 2.53. The summed E-state index contributed by atoms with van der Waals surface area (Å²) >= 11 is 0. The molecule has 1 N–H and O–H groups in total. The second-order valence-corrected chi connectivity index (χ2v) is 5.36. The third kappa shape index (κ3) is 2.29. The van der Waals surface area contributed by atoms with E-state index in [0.29, 0.717) is 5.91 Å². The molecule has 0 bridgehead atoms. The molecule has 1 saturated heterocycles. The van der Waals surface area contributed by atoms with E-state index < -0.39 is 0 Å². The smallest absolute Gasteiger partial charge is 0.228 e. The Balaban J connectivity index is 2.01. The van der Waals surface area contributed by atoms with Crippen LogP contribution in [0.2, 0.25) is 0 Å². The molecule has 1 amide bonds. The zero-order valence-corrected chi connectivity index (χ0v) is 10.4. The first-order valence-corrected chi connectivity index (χ1v) is 6.27. The maximum absolute atomic E-state index is 12.5. The Morgan fingerprint density at radius 3 is 2.69 bits per heavy atom. The van der Waals surface area contributed by atoms with E-state index >= 15 is 0 Å². The van der Waals surface area contributed by atoms with E-state index in [9.17, 15) is 4.79 Å². The monoisotopic (exact) mass is 222 g/mol. The molecule has 3 nitrogen and oxygen atoms in total. The predicted molar refractivity (Wildman–Crippen MR) is 65.2 cm³/mol. The minimum absolute atomic E-state index is 0.121. The van der Waals surface area contributed by atoms with Gasteiger partial charge in [-0.15, -0.1) is 0 Å². The van der Waals surface area contributed by atoms with Crippen LogP contribution in [0.25, 0.3) is 0 Å². The molecular formula is C13H22N2O. The molecule has 16 heavy (non-hydrogen) atoms. The molecule has 0 saturated carbocycles. The first-order chi connectivity index (χ1) is 7.62. The van der Waals surface area contributed by atoms with Crippen molar-refractivity contribution in [1.82, 2.24) is 10.2 Å². The Bertz CT molecular complexity index is 303. The zero-order chi connectivity index (χ0) is 11.6. The van der Waals surface area contributed by atoms with Crippen LogP contribution in [0, 0.1) is 5.41 Å². The van der Waals surface area contributed by atoms with Crippen LogP contribution in [0.1, 0.15) is 33.1 Å². The molecule has 2 heterocycles. The maximum atomic E-state index is 12.5. The van der Waals surface area contributed by atoms with E-state index in [-0.39, 0.29) is 5.41 Å². The minimum atomic E-state index is -0.121. The summed E-state index contributed by atoms with van der Waals surface area (Å²) in [4.78, 5) is 14.5. The van der Waals surface area contributed by atoms with Gasteiger partial charge in [-0.3, -0.25) is 4.79 Å². The third-order valence-corrected chi connectivity index (χ3v) is 3.95. The molecule has 0 aromatic heterocycles. The van der Waals surface area contributed by atoms with Crippen molar-refractivity contribution < 1.29 is 4.79 Å². The quantitative estimate of drug-likeness (QED) is 0.683. The predicted octanol–water partition coefficient (Wildman–Crippen LogP) is 1.55. The summed E-state index contributed by atoms with van der Waals surface area (Å²) in [5.41, 5.74) is 1.30. The zero-order valence-electron chi connectivity index (χ0n) is 10.4. The summed E-state index contributed by atoms with van der Waals surface area (Å²) in [6.07, 6.45) is 5.18. The van der Waals surface area contributed by atoms with Gasteiger partial charge in [-0.05, 0) is 39.3 Å². The molecule has 0 aliphatic carbocycles. The number of hydrogen-bond acceptors (Lipinski definition) is 2. The van der Waals surface area contributed by atoms with Crippen molar-refractivity contribution in [2.45, 2.75) is 33.1 Å². The highest BCUT2D eigenvalue weighted by atomic mass is 16.2. The number of hydrogen-bond donors (Lipinski definition) is 1. The maximum Gasteiger partial charge on any atom is 0.228 e. The standard InChI is InChI=1S/C13H22N2O/c1-11-3-9-15(10-4-11)12(16)13(2)5-7-14-8-6-13/h3,14H,4-10H2,1-2H3. The van der Waals surface area contributed by atoms with Crippen LogP contribution in [0.15, 0.2) is 11.6 Å². The third-order valence-electron chi connectivity index (χ3n) is 3.95. The van der Waals surface area contributed by atoms with Crippen molar-refractivity contribution in [2.24, 2.45) is 5.41 Å². The number of nitrogens with zero attached hydrogens (tertiary/aromatic N) is 1. The summed E-state index contributed by atoms with van der Waals surface area (Å²) in [5, 5.41) is 3.32. The molecule has 1 fully saturated rings. The van der Waals surface area contributed by atoms with Crippen molar-refractivity contribution in [2.75, 3.05) is 26.2 Å². The number of carbonyl (C=O) groups excluding carboxylic acids is 1. The van der Waals surface area contributed by atoms with Crippen LogP contribution in [-0.2, 0) is 4.79 Å². The van der Waals surface area contributed by atoms with Gasteiger partial charge in [-0.25, -0.2) is 0 Å². The highest BCUT2D eigenvalue weighted by Gasteiger charge is 2.37. The number of piperidine rings is 1. The Morgan fingerprint density at radius 2 is 2.12 bits per heavy atom. The largest absolute Gasteiger partial charge is 0.338 e.